The first-order valence-electron chi connectivity index (χ1n) is 8.05. The van der Waals surface area contributed by atoms with Crippen molar-refractivity contribution in [3.05, 3.63) is 47.5 Å². The van der Waals surface area contributed by atoms with E-state index in [9.17, 15) is 13.2 Å². The van der Waals surface area contributed by atoms with Crippen molar-refractivity contribution in [3.63, 3.8) is 0 Å². The topological polar surface area (TPSA) is 102 Å². The summed E-state index contributed by atoms with van der Waals surface area (Å²) in [7, 11) is -4.02. The predicted molar refractivity (Wildman–Crippen MR) is 97.7 cm³/mol. The minimum atomic E-state index is -4.02. The van der Waals surface area contributed by atoms with Crippen molar-refractivity contribution < 1.29 is 27.8 Å². The molecule has 0 aromatic heterocycles. The van der Waals surface area contributed by atoms with Crippen molar-refractivity contribution in [1.82, 2.24) is 0 Å². The summed E-state index contributed by atoms with van der Waals surface area (Å²) >= 11 is 0. The van der Waals surface area contributed by atoms with Crippen molar-refractivity contribution in [2.45, 2.75) is 25.7 Å². The average molecular weight is 379 g/mol. The lowest BCUT2D eigenvalue weighted by Gasteiger charge is -2.15. The second-order valence-electron chi connectivity index (χ2n) is 5.41. The standard InChI is InChI=1S/C18H21NO6S/c1-4-24-14-8-9-16(25-5-2)15(11-14)19-26(22,23)17-10-13(18(20)21)7-6-12(17)3/h6-11,19H,4-5H2,1-3H3,(H,20,21). The zero-order valence-corrected chi connectivity index (χ0v) is 15.6. The van der Waals surface area contributed by atoms with E-state index in [1.54, 1.807) is 26.0 Å². The van der Waals surface area contributed by atoms with Crippen LogP contribution in [0.1, 0.15) is 29.8 Å². The Kier molecular flexibility index (Phi) is 6.10. The van der Waals surface area contributed by atoms with Gasteiger partial charge in [0.15, 0.2) is 0 Å². The Morgan fingerprint density at radius 1 is 1.08 bits per heavy atom. The number of rotatable bonds is 8. The van der Waals surface area contributed by atoms with Gasteiger partial charge in [0.25, 0.3) is 10.0 Å². The quantitative estimate of drug-likeness (QED) is 0.730. The Morgan fingerprint density at radius 2 is 1.77 bits per heavy atom. The highest BCUT2D eigenvalue weighted by molar-refractivity contribution is 7.92. The fourth-order valence-corrected chi connectivity index (χ4v) is 3.68. The first-order valence-corrected chi connectivity index (χ1v) is 9.53. The van der Waals surface area contributed by atoms with Gasteiger partial charge in [0, 0.05) is 6.07 Å². The molecule has 0 spiro atoms. The van der Waals surface area contributed by atoms with Crippen molar-refractivity contribution in [2.75, 3.05) is 17.9 Å². The maximum absolute atomic E-state index is 12.8. The number of nitrogens with one attached hydrogen (secondary N) is 1. The number of carboxylic acids is 1. The van der Waals surface area contributed by atoms with Gasteiger partial charge in [-0.3, -0.25) is 4.72 Å². The minimum absolute atomic E-state index is 0.107. The lowest BCUT2D eigenvalue weighted by atomic mass is 10.1. The smallest absolute Gasteiger partial charge is 0.335 e. The van der Waals surface area contributed by atoms with Crippen LogP contribution in [0.2, 0.25) is 0 Å². The van der Waals surface area contributed by atoms with Crippen LogP contribution in [-0.2, 0) is 10.0 Å². The molecular formula is C18H21NO6S. The molecule has 2 aromatic carbocycles. The number of ether oxygens (including phenoxy) is 2. The summed E-state index contributed by atoms with van der Waals surface area (Å²) < 4.78 is 39.0. The second-order valence-corrected chi connectivity index (χ2v) is 7.07. The number of anilines is 1. The van der Waals surface area contributed by atoms with E-state index in [0.29, 0.717) is 30.3 Å². The maximum Gasteiger partial charge on any atom is 0.335 e. The van der Waals surface area contributed by atoms with Gasteiger partial charge in [-0.1, -0.05) is 6.07 Å². The molecule has 0 atom stereocenters. The van der Waals surface area contributed by atoms with E-state index in [4.69, 9.17) is 14.6 Å². The van der Waals surface area contributed by atoms with Crippen LogP contribution in [-0.4, -0.2) is 32.7 Å². The van der Waals surface area contributed by atoms with Crippen LogP contribution in [0.3, 0.4) is 0 Å². The molecule has 2 aromatic rings. The summed E-state index contributed by atoms with van der Waals surface area (Å²) in [6.07, 6.45) is 0. The molecule has 0 saturated carbocycles. The maximum atomic E-state index is 12.8. The fourth-order valence-electron chi connectivity index (χ4n) is 2.35. The van der Waals surface area contributed by atoms with Crippen molar-refractivity contribution in [1.29, 1.82) is 0 Å². The molecule has 0 radical (unpaired) electrons. The fraction of sp³-hybridized carbons (Fsp3) is 0.278. The molecule has 140 valence electrons. The normalized spacial score (nSPS) is 11.0. The molecule has 0 heterocycles. The average Bonchev–Trinajstić information content (AvgIpc) is 2.57. The number of carboxylic acid groups (broad SMARTS) is 1. The Balaban J connectivity index is 2.47. The van der Waals surface area contributed by atoms with Crippen molar-refractivity contribution in [3.8, 4) is 11.5 Å². The van der Waals surface area contributed by atoms with Gasteiger partial charge in [-0.05, 0) is 50.6 Å². The van der Waals surface area contributed by atoms with Crippen molar-refractivity contribution in [2.24, 2.45) is 0 Å². The summed E-state index contributed by atoms with van der Waals surface area (Å²) in [6, 6.07) is 8.78. The van der Waals surface area contributed by atoms with Gasteiger partial charge in [-0.2, -0.15) is 0 Å². The Labute approximate surface area is 152 Å². The van der Waals surface area contributed by atoms with Gasteiger partial charge in [0.1, 0.15) is 11.5 Å². The highest BCUT2D eigenvalue weighted by Gasteiger charge is 2.21. The predicted octanol–water partition coefficient (Wildman–Crippen LogP) is 3.29. The molecule has 0 fully saturated rings. The molecule has 0 aliphatic rings. The van der Waals surface area contributed by atoms with Crippen LogP contribution in [0, 0.1) is 6.92 Å². The van der Waals surface area contributed by atoms with E-state index in [2.05, 4.69) is 4.72 Å². The molecule has 0 aliphatic heterocycles. The molecule has 7 nitrogen and oxygen atoms in total. The van der Waals surface area contributed by atoms with E-state index < -0.39 is 16.0 Å². The van der Waals surface area contributed by atoms with Crippen molar-refractivity contribution >= 4 is 21.7 Å². The molecule has 0 unspecified atom stereocenters. The third-order valence-corrected chi connectivity index (χ3v) is 5.04. The van der Waals surface area contributed by atoms with Crippen LogP contribution in [0.4, 0.5) is 5.69 Å². The van der Waals surface area contributed by atoms with Crippen LogP contribution in [0.25, 0.3) is 0 Å². The number of sulfonamides is 1. The molecule has 8 heteroatoms. The summed E-state index contributed by atoms with van der Waals surface area (Å²) in [5, 5.41) is 9.11. The molecule has 2 rings (SSSR count). The summed E-state index contributed by atoms with van der Waals surface area (Å²) in [6.45, 7) is 5.99. The van der Waals surface area contributed by atoms with Gasteiger partial charge < -0.3 is 14.6 Å². The largest absolute Gasteiger partial charge is 0.494 e. The highest BCUT2D eigenvalue weighted by Crippen LogP contribution is 2.32. The third-order valence-electron chi connectivity index (χ3n) is 3.53. The number of hydrogen-bond acceptors (Lipinski definition) is 5. The van der Waals surface area contributed by atoms with Gasteiger partial charge >= 0.3 is 5.97 Å². The Bertz CT molecular complexity index is 908. The molecule has 2 N–H and O–H groups in total. The second kappa shape index (κ2) is 8.09. The molecule has 0 saturated heterocycles. The first-order chi connectivity index (χ1) is 12.3. The number of aromatic carboxylic acids is 1. The molecule has 0 amide bonds. The first kappa shape index (κ1) is 19.6. The van der Waals surface area contributed by atoms with Crippen LogP contribution < -0.4 is 14.2 Å². The highest BCUT2D eigenvalue weighted by atomic mass is 32.2. The number of benzene rings is 2. The van der Waals surface area contributed by atoms with Gasteiger partial charge in [0.05, 0.1) is 29.4 Å². The Morgan fingerprint density at radius 3 is 2.38 bits per heavy atom. The minimum Gasteiger partial charge on any atom is -0.494 e. The van der Waals surface area contributed by atoms with E-state index in [1.165, 1.54) is 18.2 Å². The number of hydrogen-bond donors (Lipinski definition) is 2. The summed E-state index contributed by atoms with van der Waals surface area (Å²) in [5.41, 5.74) is 0.545. The lowest BCUT2D eigenvalue weighted by Crippen LogP contribution is -2.16. The summed E-state index contributed by atoms with van der Waals surface area (Å²) in [4.78, 5) is 11.0. The van der Waals surface area contributed by atoms with Gasteiger partial charge in [-0.25, -0.2) is 13.2 Å². The van der Waals surface area contributed by atoms with E-state index in [0.717, 1.165) is 6.07 Å². The van der Waals surface area contributed by atoms with Crippen LogP contribution in [0.15, 0.2) is 41.3 Å². The number of aryl methyl sites for hydroxylation is 1. The van der Waals surface area contributed by atoms with E-state index in [1.807, 2.05) is 6.92 Å². The summed E-state index contributed by atoms with van der Waals surface area (Å²) in [5.74, 6) is -0.356. The van der Waals surface area contributed by atoms with Crippen LogP contribution in [0.5, 0.6) is 11.5 Å². The SMILES string of the molecule is CCOc1ccc(OCC)c(NS(=O)(=O)c2cc(C(=O)O)ccc2C)c1. The zero-order valence-electron chi connectivity index (χ0n) is 14.8. The monoisotopic (exact) mass is 379 g/mol. The van der Waals surface area contributed by atoms with Gasteiger partial charge in [0.2, 0.25) is 0 Å². The molecule has 0 aliphatic carbocycles. The number of carbonyl (C=O) groups is 1. The zero-order chi connectivity index (χ0) is 19.3. The Hall–Kier alpha value is -2.74. The molecule has 0 bridgehead atoms. The van der Waals surface area contributed by atoms with E-state index in [-0.39, 0.29) is 16.1 Å². The third kappa shape index (κ3) is 4.45. The molecule has 26 heavy (non-hydrogen) atoms. The van der Waals surface area contributed by atoms with Crippen LogP contribution >= 0.6 is 0 Å². The van der Waals surface area contributed by atoms with E-state index >= 15 is 0 Å². The van der Waals surface area contributed by atoms with Gasteiger partial charge in [-0.15, -0.1) is 0 Å². The molecular weight excluding hydrogens is 358 g/mol. The lowest BCUT2D eigenvalue weighted by molar-refractivity contribution is 0.0696.